The van der Waals surface area contributed by atoms with E-state index in [9.17, 15) is 4.79 Å². The molecule has 2 atom stereocenters. The van der Waals surface area contributed by atoms with Gasteiger partial charge in [-0.25, -0.2) is 0 Å². The average Bonchev–Trinajstić information content (AvgIpc) is 2.89. The summed E-state index contributed by atoms with van der Waals surface area (Å²) in [5.41, 5.74) is 0. The molecule has 0 aromatic carbocycles. The third-order valence-corrected chi connectivity index (χ3v) is 4.46. The Balaban J connectivity index is 1.48. The van der Waals surface area contributed by atoms with Crippen molar-refractivity contribution >= 4 is 5.97 Å². The number of hydrogen-bond donors (Lipinski definition) is 0. The molecule has 0 spiro atoms. The van der Waals surface area contributed by atoms with Gasteiger partial charge in [0.2, 0.25) is 0 Å². The smallest absolute Gasteiger partial charge is 0.305 e. The first kappa shape index (κ1) is 13.9. The summed E-state index contributed by atoms with van der Waals surface area (Å²) in [6.07, 6.45) is 8.36. The number of nitrogens with zero attached hydrogens (tertiary/aromatic N) is 1. The van der Waals surface area contributed by atoms with Crippen LogP contribution >= 0.6 is 0 Å². The van der Waals surface area contributed by atoms with Gasteiger partial charge in [0.25, 0.3) is 0 Å². The number of carbonyl (C=O) groups excluding carboxylic acids is 1. The van der Waals surface area contributed by atoms with Crippen LogP contribution in [0.2, 0.25) is 0 Å². The van der Waals surface area contributed by atoms with E-state index in [1.54, 1.807) is 0 Å². The standard InChI is InChI=1S/C15H27NO2/c1-2-18-15(17)9-4-3-5-10-16-11-13-7-6-8-14(13)12-16/h13-14H,2-12H2,1H3. The molecule has 0 N–H and O–H groups in total. The fraction of sp³-hybridized carbons (Fsp3) is 0.933. The second kappa shape index (κ2) is 7.13. The van der Waals surface area contributed by atoms with E-state index in [0.29, 0.717) is 13.0 Å². The van der Waals surface area contributed by atoms with Crippen LogP contribution in [-0.2, 0) is 9.53 Å². The van der Waals surface area contributed by atoms with Crippen molar-refractivity contribution in [1.29, 1.82) is 0 Å². The highest BCUT2D eigenvalue weighted by molar-refractivity contribution is 5.69. The summed E-state index contributed by atoms with van der Waals surface area (Å²) in [6, 6.07) is 0. The highest BCUT2D eigenvalue weighted by Crippen LogP contribution is 2.37. The highest BCUT2D eigenvalue weighted by Gasteiger charge is 2.35. The lowest BCUT2D eigenvalue weighted by Crippen LogP contribution is -2.22. The molecule has 0 aromatic heterocycles. The van der Waals surface area contributed by atoms with Crippen LogP contribution in [0.4, 0.5) is 0 Å². The molecule has 1 saturated heterocycles. The molecule has 2 aliphatic rings. The van der Waals surface area contributed by atoms with Gasteiger partial charge >= 0.3 is 5.97 Å². The Bertz CT molecular complexity index is 255. The molecule has 2 fully saturated rings. The largest absolute Gasteiger partial charge is 0.466 e. The molecule has 0 amide bonds. The van der Waals surface area contributed by atoms with E-state index in [1.807, 2.05) is 6.92 Å². The summed E-state index contributed by atoms with van der Waals surface area (Å²) in [5.74, 6) is 1.97. The van der Waals surface area contributed by atoms with Crippen LogP contribution in [0.15, 0.2) is 0 Å². The average molecular weight is 253 g/mol. The van der Waals surface area contributed by atoms with Crippen molar-refractivity contribution in [2.45, 2.75) is 51.9 Å². The minimum Gasteiger partial charge on any atom is -0.466 e. The number of fused-ring (bicyclic) bond motifs is 1. The maximum Gasteiger partial charge on any atom is 0.305 e. The second-order valence-electron chi connectivity index (χ2n) is 5.83. The van der Waals surface area contributed by atoms with Crippen molar-refractivity contribution in [3.05, 3.63) is 0 Å². The van der Waals surface area contributed by atoms with Gasteiger partial charge in [-0.3, -0.25) is 4.79 Å². The first-order valence-electron chi connectivity index (χ1n) is 7.67. The summed E-state index contributed by atoms with van der Waals surface area (Å²) in [5, 5.41) is 0. The van der Waals surface area contributed by atoms with E-state index in [4.69, 9.17) is 4.74 Å². The molecule has 104 valence electrons. The molecule has 0 aromatic rings. The van der Waals surface area contributed by atoms with Gasteiger partial charge in [0, 0.05) is 19.5 Å². The van der Waals surface area contributed by atoms with Gasteiger partial charge in [-0.05, 0) is 51.0 Å². The lowest BCUT2D eigenvalue weighted by Gasteiger charge is -2.16. The predicted octanol–water partition coefficient (Wildman–Crippen LogP) is 2.84. The summed E-state index contributed by atoms with van der Waals surface area (Å²) >= 11 is 0. The van der Waals surface area contributed by atoms with Gasteiger partial charge in [0.15, 0.2) is 0 Å². The van der Waals surface area contributed by atoms with Gasteiger partial charge in [0.05, 0.1) is 6.61 Å². The quantitative estimate of drug-likeness (QED) is 0.516. The number of carbonyl (C=O) groups is 1. The number of esters is 1. The van der Waals surface area contributed by atoms with Crippen molar-refractivity contribution in [1.82, 2.24) is 4.90 Å². The molecule has 2 rings (SSSR count). The molecular formula is C15H27NO2. The first-order valence-corrected chi connectivity index (χ1v) is 7.67. The zero-order valence-corrected chi connectivity index (χ0v) is 11.7. The van der Waals surface area contributed by atoms with Crippen LogP contribution in [0.3, 0.4) is 0 Å². The number of rotatable bonds is 7. The monoisotopic (exact) mass is 253 g/mol. The van der Waals surface area contributed by atoms with Crippen molar-refractivity contribution in [3.8, 4) is 0 Å². The lowest BCUT2D eigenvalue weighted by molar-refractivity contribution is -0.143. The summed E-state index contributed by atoms with van der Waals surface area (Å²) < 4.78 is 4.92. The van der Waals surface area contributed by atoms with Gasteiger partial charge in [-0.2, -0.15) is 0 Å². The number of unbranched alkanes of at least 4 members (excludes halogenated alkanes) is 2. The van der Waals surface area contributed by atoms with Crippen LogP contribution in [-0.4, -0.2) is 37.1 Å². The third-order valence-electron chi connectivity index (χ3n) is 4.46. The van der Waals surface area contributed by atoms with Crippen LogP contribution in [0, 0.1) is 11.8 Å². The fourth-order valence-electron chi connectivity index (χ4n) is 3.53. The van der Waals surface area contributed by atoms with E-state index >= 15 is 0 Å². The van der Waals surface area contributed by atoms with E-state index in [2.05, 4.69) is 4.90 Å². The van der Waals surface area contributed by atoms with E-state index in [0.717, 1.165) is 24.7 Å². The van der Waals surface area contributed by atoms with Crippen molar-refractivity contribution < 1.29 is 9.53 Å². The van der Waals surface area contributed by atoms with Gasteiger partial charge in [0.1, 0.15) is 0 Å². The SMILES string of the molecule is CCOC(=O)CCCCCN1CC2CCCC2C1. The van der Waals surface area contributed by atoms with Gasteiger partial charge < -0.3 is 9.64 Å². The molecule has 1 saturated carbocycles. The highest BCUT2D eigenvalue weighted by atomic mass is 16.5. The predicted molar refractivity (Wildman–Crippen MR) is 72.4 cm³/mol. The van der Waals surface area contributed by atoms with E-state index in [1.165, 1.54) is 45.3 Å². The summed E-state index contributed by atoms with van der Waals surface area (Å²) in [6.45, 7) is 6.28. The molecule has 2 unspecified atom stereocenters. The van der Waals surface area contributed by atoms with Crippen molar-refractivity contribution in [2.75, 3.05) is 26.2 Å². The molecule has 3 nitrogen and oxygen atoms in total. The van der Waals surface area contributed by atoms with Crippen LogP contribution in [0.5, 0.6) is 0 Å². The Kier molecular flexibility index (Phi) is 5.48. The van der Waals surface area contributed by atoms with E-state index in [-0.39, 0.29) is 5.97 Å². The van der Waals surface area contributed by atoms with Gasteiger partial charge in [-0.15, -0.1) is 0 Å². The molecule has 1 aliphatic carbocycles. The zero-order chi connectivity index (χ0) is 12.8. The molecular weight excluding hydrogens is 226 g/mol. The van der Waals surface area contributed by atoms with Crippen LogP contribution in [0.1, 0.15) is 51.9 Å². The Hall–Kier alpha value is -0.570. The first-order chi connectivity index (χ1) is 8.79. The Morgan fingerprint density at radius 2 is 1.89 bits per heavy atom. The molecule has 1 aliphatic heterocycles. The van der Waals surface area contributed by atoms with Crippen LogP contribution < -0.4 is 0 Å². The minimum absolute atomic E-state index is 0.0341. The maximum atomic E-state index is 11.2. The molecule has 1 heterocycles. The molecule has 3 heteroatoms. The molecule has 18 heavy (non-hydrogen) atoms. The Labute approximate surface area is 111 Å². The number of likely N-dealkylation sites (tertiary alicyclic amines) is 1. The summed E-state index contributed by atoms with van der Waals surface area (Å²) in [4.78, 5) is 13.8. The second-order valence-corrected chi connectivity index (χ2v) is 5.83. The zero-order valence-electron chi connectivity index (χ0n) is 11.7. The molecule has 0 radical (unpaired) electrons. The van der Waals surface area contributed by atoms with Crippen molar-refractivity contribution in [3.63, 3.8) is 0 Å². The fourth-order valence-corrected chi connectivity index (χ4v) is 3.53. The lowest BCUT2D eigenvalue weighted by atomic mass is 10.0. The number of hydrogen-bond acceptors (Lipinski definition) is 3. The van der Waals surface area contributed by atoms with Crippen molar-refractivity contribution in [2.24, 2.45) is 11.8 Å². The summed E-state index contributed by atoms with van der Waals surface area (Å²) in [7, 11) is 0. The normalized spacial score (nSPS) is 27.4. The number of ether oxygens (including phenoxy) is 1. The maximum absolute atomic E-state index is 11.2. The Morgan fingerprint density at radius 3 is 2.56 bits per heavy atom. The molecule has 0 bridgehead atoms. The third kappa shape index (κ3) is 3.98. The Morgan fingerprint density at radius 1 is 1.17 bits per heavy atom. The van der Waals surface area contributed by atoms with E-state index < -0.39 is 0 Å². The minimum atomic E-state index is -0.0341. The van der Waals surface area contributed by atoms with Gasteiger partial charge in [-0.1, -0.05) is 12.8 Å². The topological polar surface area (TPSA) is 29.5 Å². The van der Waals surface area contributed by atoms with Crippen LogP contribution in [0.25, 0.3) is 0 Å².